The maximum absolute atomic E-state index is 14.8. The number of amides is 3. The highest BCUT2D eigenvalue weighted by molar-refractivity contribution is 5.99. The van der Waals surface area contributed by atoms with Crippen molar-refractivity contribution in [2.75, 3.05) is 10.6 Å². The molecule has 0 atom stereocenters. The van der Waals surface area contributed by atoms with E-state index in [2.05, 4.69) is 20.7 Å². The van der Waals surface area contributed by atoms with Crippen LogP contribution < -0.4 is 21.1 Å². The highest BCUT2D eigenvalue weighted by Crippen LogP contribution is 2.27. The summed E-state index contributed by atoms with van der Waals surface area (Å²) in [6.07, 6.45) is 1.44. The van der Waals surface area contributed by atoms with E-state index in [0.29, 0.717) is 22.6 Å². The van der Waals surface area contributed by atoms with E-state index in [-0.39, 0.29) is 35.8 Å². The molecular weight excluding hydrogens is 503 g/mol. The van der Waals surface area contributed by atoms with Gasteiger partial charge >= 0.3 is 6.03 Å². The minimum absolute atomic E-state index is 0.0517. The maximum atomic E-state index is 14.8. The van der Waals surface area contributed by atoms with Crippen LogP contribution in [-0.2, 0) is 18.6 Å². The molecule has 0 aliphatic rings. The van der Waals surface area contributed by atoms with Crippen molar-refractivity contribution in [1.82, 2.24) is 14.8 Å². The number of anilines is 2. The Labute approximate surface area is 224 Å². The second kappa shape index (κ2) is 11.3. The summed E-state index contributed by atoms with van der Waals surface area (Å²) in [5.74, 6) is -0.754. The number of aliphatic hydroxyl groups is 1. The number of pyridine rings is 1. The number of nitrogens with two attached hydrogens (primary N) is 1. The summed E-state index contributed by atoms with van der Waals surface area (Å²) in [5, 5.41) is 19.4. The molecule has 3 amide bonds. The topological polar surface area (TPSA) is 144 Å². The van der Waals surface area contributed by atoms with Gasteiger partial charge in [0, 0.05) is 23.7 Å². The number of hydrogen-bond donors (Lipinski definition) is 4. The van der Waals surface area contributed by atoms with Crippen molar-refractivity contribution in [2.24, 2.45) is 5.73 Å². The first-order valence-corrected chi connectivity index (χ1v) is 12.1. The van der Waals surface area contributed by atoms with Gasteiger partial charge < -0.3 is 20.9 Å². The largest absolute Gasteiger partial charge is 0.489 e. The van der Waals surface area contributed by atoms with Gasteiger partial charge in [-0.25, -0.2) is 13.9 Å². The molecule has 0 radical (unpaired) electrons. The van der Waals surface area contributed by atoms with Crippen LogP contribution in [-0.4, -0.2) is 31.8 Å². The molecule has 0 saturated heterocycles. The number of nitrogens with one attached hydrogen (secondary N) is 2. The third-order valence-electron chi connectivity index (χ3n) is 5.73. The first-order valence-electron chi connectivity index (χ1n) is 12.1. The number of primary amides is 1. The lowest BCUT2D eigenvalue weighted by Crippen LogP contribution is -2.22. The molecule has 2 aromatic heterocycles. The van der Waals surface area contributed by atoms with Crippen molar-refractivity contribution in [3.05, 3.63) is 95.2 Å². The van der Waals surface area contributed by atoms with Crippen molar-refractivity contribution >= 4 is 23.4 Å². The van der Waals surface area contributed by atoms with Crippen molar-refractivity contribution in [3.63, 3.8) is 0 Å². The summed E-state index contributed by atoms with van der Waals surface area (Å²) < 4.78 is 22.0. The lowest BCUT2D eigenvalue weighted by Gasteiger charge is -2.14. The molecule has 0 spiro atoms. The average molecular weight is 533 g/mol. The van der Waals surface area contributed by atoms with E-state index in [4.69, 9.17) is 10.5 Å². The lowest BCUT2D eigenvalue weighted by molar-refractivity contribution is 0.0995. The van der Waals surface area contributed by atoms with Crippen LogP contribution in [0.2, 0.25) is 0 Å². The third kappa shape index (κ3) is 6.76. The summed E-state index contributed by atoms with van der Waals surface area (Å²) in [5.41, 5.74) is 7.70. The van der Waals surface area contributed by atoms with Gasteiger partial charge in [0.05, 0.1) is 23.7 Å². The van der Waals surface area contributed by atoms with Crippen LogP contribution in [0.25, 0.3) is 5.69 Å². The second-order valence-corrected chi connectivity index (χ2v) is 9.83. The van der Waals surface area contributed by atoms with E-state index in [1.165, 1.54) is 24.4 Å². The number of urea groups is 1. The van der Waals surface area contributed by atoms with E-state index in [1.807, 2.05) is 20.8 Å². The van der Waals surface area contributed by atoms with E-state index in [1.54, 1.807) is 41.1 Å². The van der Waals surface area contributed by atoms with E-state index in [9.17, 15) is 19.1 Å². The number of carbonyl (C=O) groups excluding carboxylic acids is 2. The molecule has 0 unspecified atom stereocenters. The highest BCUT2D eigenvalue weighted by Gasteiger charge is 2.22. The van der Waals surface area contributed by atoms with Crippen LogP contribution in [0.4, 0.5) is 20.7 Å². The van der Waals surface area contributed by atoms with Gasteiger partial charge in [0.2, 0.25) is 0 Å². The van der Waals surface area contributed by atoms with Gasteiger partial charge in [0.1, 0.15) is 29.7 Å². The average Bonchev–Trinajstić information content (AvgIpc) is 3.33. The number of aromatic nitrogens is 3. The van der Waals surface area contributed by atoms with Gasteiger partial charge in [-0.3, -0.25) is 15.1 Å². The predicted octanol–water partition coefficient (Wildman–Crippen LogP) is 4.52. The molecule has 2 aromatic carbocycles. The zero-order chi connectivity index (χ0) is 28.2. The Kier molecular flexibility index (Phi) is 7.91. The van der Waals surface area contributed by atoms with Gasteiger partial charge in [-0.15, -0.1) is 0 Å². The fourth-order valence-electron chi connectivity index (χ4n) is 3.64. The van der Waals surface area contributed by atoms with E-state index in [0.717, 1.165) is 11.8 Å². The molecule has 0 saturated carbocycles. The van der Waals surface area contributed by atoms with Crippen molar-refractivity contribution in [3.8, 4) is 11.4 Å². The minimum atomic E-state index is -0.699. The van der Waals surface area contributed by atoms with Crippen LogP contribution in [0.15, 0.2) is 66.9 Å². The number of hydrogen-bond acceptors (Lipinski definition) is 6. The Balaban J connectivity index is 1.47. The Bertz CT molecular complexity index is 1510. The predicted molar refractivity (Wildman–Crippen MR) is 144 cm³/mol. The molecule has 10 nitrogen and oxygen atoms in total. The molecule has 11 heteroatoms. The molecule has 4 aromatic rings. The van der Waals surface area contributed by atoms with E-state index >= 15 is 0 Å². The Morgan fingerprint density at radius 1 is 1.05 bits per heavy atom. The Hall–Kier alpha value is -4.77. The monoisotopic (exact) mass is 532 g/mol. The quantitative estimate of drug-likeness (QED) is 0.263. The highest BCUT2D eigenvalue weighted by atomic mass is 19.1. The standard InChI is InChI=1S/C28H29FN6O4/c1-28(2,3)24-14-25(35(34-24)19-6-4-5-17(11-19)15-36)33-27(38)32-22-8-7-20(13-21(22)29)39-16-18-9-10-31-23(12-18)26(30)37/h4-14,36H,15-16H2,1-3H3,(H2,30,37)(H2,32,33,38). The SMILES string of the molecule is CC(C)(C)c1cc(NC(=O)Nc2ccc(OCc3ccnc(C(N)=O)c3)cc2F)n(-c2cccc(CO)c2)n1. The number of aliphatic hydroxyl groups excluding tert-OH is 1. The molecule has 0 aliphatic carbocycles. The second-order valence-electron chi connectivity index (χ2n) is 9.83. The fraction of sp³-hybridized carbons (Fsp3) is 0.214. The molecule has 2 heterocycles. The number of halogens is 1. The van der Waals surface area contributed by atoms with Crippen molar-refractivity contribution in [1.29, 1.82) is 0 Å². The van der Waals surface area contributed by atoms with E-state index < -0.39 is 17.8 Å². The first kappa shape index (κ1) is 27.3. The minimum Gasteiger partial charge on any atom is -0.489 e. The molecule has 202 valence electrons. The van der Waals surface area contributed by atoms with Crippen molar-refractivity contribution < 1.29 is 23.8 Å². The molecule has 0 aliphatic heterocycles. The maximum Gasteiger partial charge on any atom is 0.324 e. The van der Waals surface area contributed by atoms with Crippen LogP contribution in [0.1, 0.15) is 48.1 Å². The van der Waals surface area contributed by atoms with Gasteiger partial charge in [0.15, 0.2) is 0 Å². The number of rotatable bonds is 8. The molecule has 0 bridgehead atoms. The lowest BCUT2D eigenvalue weighted by atomic mass is 9.92. The summed E-state index contributed by atoms with van der Waals surface area (Å²) >= 11 is 0. The number of carbonyl (C=O) groups is 2. The van der Waals surface area contributed by atoms with Crippen LogP contribution in [0.3, 0.4) is 0 Å². The fourth-order valence-corrected chi connectivity index (χ4v) is 3.64. The molecule has 5 N–H and O–H groups in total. The Morgan fingerprint density at radius 3 is 2.54 bits per heavy atom. The first-order chi connectivity index (χ1) is 18.5. The smallest absolute Gasteiger partial charge is 0.324 e. The molecule has 0 fully saturated rings. The van der Waals surface area contributed by atoms with Gasteiger partial charge in [-0.1, -0.05) is 32.9 Å². The zero-order valence-corrected chi connectivity index (χ0v) is 21.7. The molecule has 4 rings (SSSR count). The number of nitrogens with zero attached hydrogens (tertiary/aromatic N) is 3. The number of benzene rings is 2. The summed E-state index contributed by atoms with van der Waals surface area (Å²) in [4.78, 5) is 28.0. The van der Waals surface area contributed by atoms with Crippen molar-refractivity contribution in [2.45, 2.75) is 39.4 Å². The summed E-state index contributed by atoms with van der Waals surface area (Å²) in [6.45, 7) is 5.92. The molecule has 39 heavy (non-hydrogen) atoms. The van der Waals surface area contributed by atoms with Crippen LogP contribution in [0, 0.1) is 5.82 Å². The van der Waals surface area contributed by atoms with Gasteiger partial charge in [0.25, 0.3) is 5.91 Å². The van der Waals surface area contributed by atoms with Gasteiger partial charge in [-0.2, -0.15) is 5.10 Å². The zero-order valence-electron chi connectivity index (χ0n) is 21.7. The van der Waals surface area contributed by atoms with Crippen LogP contribution in [0.5, 0.6) is 5.75 Å². The van der Waals surface area contributed by atoms with Gasteiger partial charge in [-0.05, 0) is 47.5 Å². The summed E-state index contributed by atoms with van der Waals surface area (Å²) in [7, 11) is 0. The normalized spacial score (nSPS) is 11.2. The van der Waals surface area contributed by atoms with Crippen LogP contribution >= 0.6 is 0 Å². The third-order valence-corrected chi connectivity index (χ3v) is 5.73. The molecular formula is C28H29FN6O4. The summed E-state index contributed by atoms with van der Waals surface area (Å²) in [6, 6.07) is 15.4. The Morgan fingerprint density at radius 2 is 1.85 bits per heavy atom. The number of ether oxygens (including phenoxy) is 1.